The summed E-state index contributed by atoms with van der Waals surface area (Å²) in [4.78, 5) is 23.7. The van der Waals surface area contributed by atoms with Gasteiger partial charge in [-0.15, -0.1) is 0 Å². The predicted octanol–water partition coefficient (Wildman–Crippen LogP) is 1.87. The molecule has 0 saturated heterocycles. The molecule has 4 atom stereocenters. The van der Waals surface area contributed by atoms with Gasteiger partial charge in [-0.2, -0.15) is 0 Å². The molecule has 0 heterocycles. The van der Waals surface area contributed by atoms with Gasteiger partial charge in [-0.3, -0.25) is 4.79 Å². The average molecular weight is 344 g/mol. The molecule has 0 aromatic rings. The molecule has 24 heavy (non-hydrogen) atoms. The van der Waals surface area contributed by atoms with Crippen LogP contribution in [0.4, 0.5) is 4.79 Å². The van der Waals surface area contributed by atoms with Gasteiger partial charge in [-0.05, 0) is 65.3 Å². The highest BCUT2D eigenvalue weighted by Gasteiger charge is 2.52. The van der Waals surface area contributed by atoms with E-state index in [1.165, 1.54) is 0 Å². The molecule has 0 aromatic heterocycles. The van der Waals surface area contributed by atoms with Crippen LogP contribution in [0, 0.1) is 11.3 Å². The van der Waals surface area contributed by atoms with Gasteiger partial charge in [-0.25, -0.2) is 4.79 Å². The maximum atomic E-state index is 11.9. The minimum absolute atomic E-state index is 0.206. The minimum atomic E-state index is -1.22. The monoisotopic (exact) mass is 344 g/mol. The molecule has 0 aliphatic heterocycles. The molecule has 1 aliphatic carbocycles. The topological polar surface area (TPSA) is 122 Å². The lowest BCUT2D eigenvalue weighted by atomic mass is 9.77. The van der Waals surface area contributed by atoms with Crippen molar-refractivity contribution in [1.82, 2.24) is 5.32 Å². The molecule has 1 aliphatic rings. The second kappa shape index (κ2) is 8.16. The number of carboxylic acid groups (broad SMARTS) is 1. The van der Waals surface area contributed by atoms with Crippen molar-refractivity contribution in [3.63, 3.8) is 0 Å². The Hall–Kier alpha value is -1.34. The molecule has 5 N–H and O–H groups in total. The Kier molecular flexibility index (Phi) is 7.04. The van der Waals surface area contributed by atoms with Crippen molar-refractivity contribution in [1.29, 1.82) is 0 Å². The van der Waals surface area contributed by atoms with Crippen LogP contribution in [0.3, 0.4) is 0 Å². The summed E-state index contributed by atoms with van der Waals surface area (Å²) in [7, 11) is 0. The van der Waals surface area contributed by atoms with Crippen LogP contribution in [0.15, 0.2) is 0 Å². The smallest absolute Gasteiger partial charge is 0.407 e. The number of nitrogens with one attached hydrogen (secondary N) is 1. The zero-order chi connectivity index (χ0) is 18.5. The Labute approximate surface area is 143 Å². The number of carbonyl (C=O) groups excluding carboxylic acids is 1. The maximum Gasteiger partial charge on any atom is 0.407 e. The van der Waals surface area contributed by atoms with E-state index in [1.807, 2.05) is 6.92 Å². The molecule has 1 rings (SSSR count). The van der Waals surface area contributed by atoms with Crippen LogP contribution in [-0.2, 0) is 9.53 Å². The highest BCUT2D eigenvalue weighted by Crippen LogP contribution is 2.43. The van der Waals surface area contributed by atoms with Crippen molar-refractivity contribution >= 4 is 12.1 Å². The summed E-state index contributed by atoms with van der Waals surface area (Å²) < 4.78 is 5.20. The molecule has 7 nitrogen and oxygen atoms in total. The third kappa shape index (κ3) is 5.63. The van der Waals surface area contributed by atoms with Gasteiger partial charge in [0.1, 0.15) is 5.60 Å². The summed E-state index contributed by atoms with van der Waals surface area (Å²) >= 11 is 0. The molecule has 0 radical (unpaired) electrons. The van der Waals surface area contributed by atoms with Crippen molar-refractivity contribution in [2.45, 2.75) is 77.5 Å². The molecule has 140 valence electrons. The zero-order valence-corrected chi connectivity index (χ0v) is 15.2. The molecule has 0 spiro atoms. The van der Waals surface area contributed by atoms with Gasteiger partial charge in [0.15, 0.2) is 0 Å². The summed E-state index contributed by atoms with van der Waals surface area (Å²) in [6, 6.07) is -0.407. The summed E-state index contributed by atoms with van der Waals surface area (Å²) in [5, 5.41) is 22.7. The van der Waals surface area contributed by atoms with Gasteiger partial charge in [0.2, 0.25) is 0 Å². The third-order valence-corrected chi connectivity index (χ3v) is 4.65. The number of nitrogens with two attached hydrogens (primary N) is 1. The molecule has 4 unspecified atom stereocenters. The van der Waals surface area contributed by atoms with Crippen LogP contribution < -0.4 is 11.1 Å². The van der Waals surface area contributed by atoms with Gasteiger partial charge in [0.05, 0.1) is 11.5 Å². The number of hydrogen-bond donors (Lipinski definition) is 4. The molecule has 0 aromatic carbocycles. The summed E-state index contributed by atoms with van der Waals surface area (Å²) in [6.07, 6.45) is 0.731. The van der Waals surface area contributed by atoms with E-state index < -0.39 is 35.2 Å². The SMILES string of the molecule is CC(CCN)CCC1(C(=O)O)CC(NC(=O)OC(C)(C)C)CC1O. The van der Waals surface area contributed by atoms with Gasteiger partial charge >= 0.3 is 12.1 Å². The van der Waals surface area contributed by atoms with Crippen LogP contribution in [0.1, 0.15) is 59.8 Å². The Balaban J connectivity index is 2.71. The first kappa shape index (κ1) is 20.7. The number of hydrogen-bond acceptors (Lipinski definition) is 5. The standard InChI is InChI=1S/C17H32N2O5/c1-11(6-8-18)5-7-17(14(21)22)10-12(9-13(17)20)19-15(23)24-16(2,3)4/h11-13,20H,5-10,18H2,1-4H3,(H,19,23)(H,21,22). The number of aliphatic hydroxyl groups excluding tert-OH is 1. The fraction of sp³-hybridized carbons (Fsp3) is 0.882. The quantitative estimate of drug-likeness (QED) is 0.559. The van der Waals surface area contributed by atoms with Gasteiger partial charge in [-0.1, -0.05) is 6.92 Å². The van der Waals surface area contributed by atoms with E-state index in [0.717, 1.165) is 6.42 Å². The van der Waals surface area contributed by atoms with Gasteiger partial charge < -0.3 is 26.0 Å². The van der Waals surface area contributed by atoms with Crippen molar-refractivity contribution in [3.05, 3.63) is 0 Å². The fourth-order valence-corrected chi connectivity index (χ4v) is 3.28. The third-order valence-electron chi connectivity index (χ3n) is 4.65. The van der Waals surface area contributed by atoms with Crippen molar-refractivity contribution in [2.75, 3.05) is 6.54 Å². The first-order valence-electron chi connectivity index (χ1n) is 8.61. The summed E-state index contributed by atoms with van der Waals surface area (Å²) in [6.45, 7) is 7.87. The normalized spacial score (nSPS) is 28.4. The second-order valence-electron chi connectivity index (χ2n) is 7.98. The predicted molar refractivity (Wildman–Crippen MR) is 90.5 cm³/mol. The van der Waals surface area contributed by atoms with E-state index in [1.54, 1.807) is 20.8 Å². The molecule has 7 heteroatoms. The largest absolute Gasteiger partial charge is 0.481 e. The van der Waals surface area contributed by atoms with Crippen LogP contribution in [-0.4, -0.2) is 46.6 Å². The first-order valence-corrected chi connectivity index (χ1v) is 8.61. The number of ether oxygens (including phenoxy) is 1. The van der Waals surface area contributed by atoms with Crippen LogP contribution in [0.25, 0.3) is 0 Å². The second-order valence-corrected chi connectivity index (χ2v) is 7.98. The van der Waals surface area contributed by atoms with E-state index in [2.05, 4.69) is 5.32 Å². The summed E-state index contributed by atoms with van der Waals surface area (Å²) in [5.41, 5.74) is 3.69. The molecule has 1 saturated carbocycles. The van der Waals surface area contributed by atoms with E-state index in [9.17, 15) is 19.8 Å². The Morgan fingerprint density at radius 1 is 1.38 bits per heavy atom. The fourth-order valence-electron chi connectivity index (χ4n) is 3.28. The number of aliphatic hydroxyl groups is 1. The molecule has 1 fully saturated rings. The lowest BCUT2D eigenvalue weighted by Crippen LogP contribution is -2.40. The van der Waals surface area contributed by atoms with Crippen LogP contribution in [0.5, 0.6) is 0 Å². The average Bonchev–Trinajstić information content (AvgIpc) is 2.71. The molecule has 1 amide bonds. The van der Waals surface area contributed by atoms with Crippen LogP contribution in [0.2, 0.25) is 0 Å². The first-order chi connectivity index (χ1) is 11.0. The Bertz CT molecular complexity index is 449. The highest BCUT2D eigenvalue weighted by atomic mass is 16.6. The minimum Gasteiger partial charge on any atom is -0.481 e. The van der Waals surface area contributed by atoms with Gasteiger partial charge in [0.25, 0.3) is 0 Å². The van der Waals surface area contributed by atoms with Crippen molar-refractivity contribution < 1.29 is 24.5 Å². The maximum absolute atomic E-state index is 11.9. The van der Waals surface area contributed by atoms with E-state index in [-0.39, 0.29) is 12.8 Å². The van der Waals surface area contributed by atoms with Crippen molar-refractivity contribution in [3.8, 4) is 0 Å². The number of alkyl carbamates (subject to hydrolysis) is 1. The number of rotatable bonds is 7. The Morgan fingerprint density at radius 3 is 2.50 bits per heavy atom. The number of amides is 1. The van der Waals surface area contributed by atoms with Gasteiger partial charge in [0, 0.05) is 6.04 Å². The highest BCUT2D eigenvalue weighted by molar-refractivity contribution is 5.76. The lowest BCUT2D eigenvalue weighted by molar-refractivity contribution is -0.155. The number of carbonyl (C=O) groups is 2. The Morgan fingerprint density at radius 2 is 2.00 bits per heavy atom. The molecular formula is C17H32N2O5. The van der Waals surface area contributed by atoms with Crippen LogP contribution >= 0.6 is 0 Å². The zero-order valence-electron chi connectivity index (χ0n) is 15.2. The van der Waals surface area contributed by atoms with Crippen molar-refractivity contribution in [2.24, 2.45) is 17.1 Å². The lowest BCUT2D eigenvalue weighted by Gasteiger charge is -2.29. The summed E-state index contributed by atoms with van der Waals surface area (Å²) in [5.74, 6) is -0.709. The number of carboxylic acids is 1. The van der Waals surface area contributed by atoms with E-state index in [0.29, 0.717) is 25.3 Å². The van der Waals surface area contributed by atoms with E-state index >= 15 is 0 Å². The molecule has 0 bridgehead atoms. The molecular weight excluding hydrogens is 312 g/mol. The number of aliphatic carboxylic acids is 1. The van der Waals surface area contributed by atoms with E-state index in [4.69, 9.17) is 10.5 Å².